The number of benzene rings is 1. The average Bonchev–Trinajstić information content (AvgIpc) is 2.14. The molecular weight excluding hydrogens is 189 g/mol. The Bertz CT molecular complexity index is 315. The SMILES string of the molecule is CC(C)(C)C(N)CCc1ccccc1F. The van der Waals surface area contributed by atoms with Crippen LogP contribution in [0.25, 0.3) is 0 Å². The van der Waals surface area contributed by atoms with E-state index in [0.717, 1.165) is 12.0 Å². The van der Waals surface area contributed by atoms with Gasteiger partial charge in [0.1, 0.15) is 5.82 Å². The van der Waals surface area contributed by atoms with E-state index in [1.165, 1.54) is 6.07 Å². The zero-order valence-corrected chi connectivity index (χ0v) is 9.76. The van der Waals surface area contributed by atoms with Gasteiger partial charge < -0.3 is 5.73 Å². The summed E-state index contributed by atoms with van der Waals surface area (Å²) < 4.78 is 13.3. The molecule has 0 saturated carbocycles. The van der Waals surface area contributed by atoms with Gasteiger partial charge in [-0.2, -0.15) is 0 Å². The Morgan fingerprint density at radius 1 is 1.27 bits per heavy atom. The van der Waals surface area contributed by atoms with Crippen molar-refractivity contribution in [3.8, 4) is 0 Å². The lowest BCUT2D eigenvalue weighted by atomic mass is 9.84. The predicted octanol–water partition coefficient (Wildman–Crippen LogP) is 3.13. The van der Waals surface area contributed by atoms with E-state index in [0.29, 0.717) is 6.42 Å². The Morgan fingerprint density at radius 2 is 1.87 bits per heavy atom. The highest BCUT2D eigenvalue weighted by Crippen LogP contribution is 2.21. The van der Waals surface area contributed by atoms with Crippen LogP contribution in [-0.2, 0) is 6.42 Å². The minimum atomic E-state index is -0.126. The molecule has 0 bridgehead atoms. The quantitative estimate of drug-likeness (QED) is 0.813. The van der Waals surface area contributed by atoms with Crippen LogP contribution in [0.15, 0.2) is 24.3 Å². The molecule has 84 valence electrons. The Morgan fingerprint density at radius 3 is 2.40 bits per heavy atom. The summed E-state index contributed by atoms with van der Waals surface area (Å²) in [7, 11) is 0. The fourth-order valence-electron chi connectivity index (χ4n) is 1.45. The smallest absolute Gasteiger partial charge is 0.126 e. The van der Waals surface area contributed by atoms with Gasteiger partial charge in [0.2, 0.25) is 0 Å². The number of hydrogen-bond acceptors (Lipinski definition) is 1. The summed E-state index contributed by atoms with van der Waals surface area (Å²) in [6, 6.07) is 7.00. The van der Waals surface area contributed by atoms with Crippen LogP contribution in [-0.4, -0.2) is 6.04 Å². The summed E-state index contributed by atoms with van der Waals surface area (Å²) in [6.07, 6.45) is 1.54. The minimum absolute atomic E-state index is 0.0885. The third-order valence-electron chi connectivity index (χ3n) is 2.79. The molecule has 1 unspecified atom stereocenters. The second kappa shape index (κ2) is 4.75. The van der Waals surface area contributed by atoms with Crippen LogP contribution in [0, 0.1) is 11.2 Å². The number of hydrogen-bond donors (Lipinski definition) is 1. The van der Waals surface area contributed by atoms with Crippen LogP contribution < -0.4 is 5.73 Å². The van der Waals surface area contributed by atoms with Crippen LogP contribution in [0.4, 0.5) is 4.39 Å². The average molecular weight is 209 g/mol. The number of aryl methyl sites for hydroxylation is 1. The molecule has 0 fully saturated rings. The van der Waals surface area contributed by atoms with Gasteiger partial charge in [0.15, 0.2) is 0 Å². The van der Waals surface area contributed by atoms with Gasteiger partial charge in [-0.15, -0.1) is 0 Å². The summed E-state index contributed by atoms with van der Waals surface area (Å²) in [6.45, 7) is 6.33. The van der Waals surface area contributed by atoms with Crippen molar-refractivity contribution < 1.29 is 4.39 Å². The second-order valence-corrected chi connectivity index (χ2v) is 5.10. The fourth-order valence-corrected chi connectivity index (χ4v) is 1.45. The molecule has 0 heterocycles. The first kappa shape index (κ1) is 12.2. The Kier molecular flexibility index (Phi) is 3.86. The molecule has 1 aromatic carbocycles. The van der Waals surface area contributed by atoms with Crippen molar-refractivity contribution in [2.75, 3.05) is 0 Å². The van der Waals surface area contributed by atoms with Crippen molar-refractivity contribution in [1.82, 2.24) is 0 Å². The van der Waals surface area contributed by atoms with E-state index in [4.69, 9.17) is 5.73 Å². The normalized spacial score (nSPS) is 13.9. The first-order valence-electron chi connectivity index (χ1n) is 5.40. The maximum atomic E-state index is 13.3. The van der Waals surface area contributed by atoms with Gasteiger partial charge in [0.05, 0.1) is 0 Å². The van der Waals surface area contributed by atoms with Crippen LogP contribution in [0.1, 0.15) is 32.8 Å². The lowest BCUT2D eigenvalue weighted by molar-refractivity contribution is 0.305. The van der Waals surface area contributed by atoms with E-state index in [1.807, 2.05) is 12.1 Å². The Labute approximate surface area is 91.5 Å². The lowest BCUT2D eigenvalue weighted by Gasteiger charge is -2.27. The van der Waals surface area contributed by atoms with Gasteiger partial charge in [-0.05, 0) is 29.9 Å². The molecule has 0 aromatic heterocycles. The molecule has 0 amide bonds. The van der Waals surface area contributed by atoms with E-state index in [9.17, 15) is 4.39 Å². The molecular formula is C13H20FN. The van der Waals surface area contributed by atoms with Crippen molar-refractivity contribution in [2.24, 2.45) is 11.1 Å². The molecule has 1 rings (SSSR count). The monoisotopic (exact) mass is 209 g/mol. The number of halogens is 1. The number of nitrogens with two attached hydrogens (primary N) is 1. The van der Waals surface area contributed by atoms with Crippen molar-refractivity contribution in [2.45, 2.75) is 39.7 Å². The van der Waals surface area contributed by atoms with E-state index >= 15 is 0 Å². The predicted molar refractivity (Wildman–Crippen MR) is 62.2 cm³/mol. The molecule has 1 nitrogen and oxygen atoms in total. The zero-order valence-electron chi connectivity index (χ0n) is 9.76. The molecule has 0 radical (unpaired) electrons. The Balaban J connectivity index is 2.55. The Hall–Kier alpha value is -0.890. The van der Waals surface area contributed by atoms with Crippen LogP contribution in [0.2, 0.25) is 0 Å². The largest absolute Gasteiger partial charge is 0.327 e. The summed E-state index contributed by atoms with van der Waals surface area (Å²) in [5, 5.41) is 0. The van der Waals surface area contributed by atoms with Gasteiger partial charge in [0.25, 0.3) is 0 Å². The first-order valence-corrected chi connectivity index (χ1v) is 5.40. The van der Waals surface area contributed by atoms with Gasteiger partial charge in [-0.1, -0.05) is 39.0 Å². The maximum absolute atomic E-state index is 13.3. The summed E-state index contributed by atoms with van der Waals surface area (Å²) in [5.74, 6) is -0.126. The minimum Gasteiger partial charge on any atom is -0.327 e. The van der Waals surface area contributed by atoms with E-state index in [-0.39, 0.29) is 17.3 Å². The van der Waals surface area contributed by atoms with Crippen LogP contribution in [0.3, 0.4) is 0 Å². The van der Waals surface area contributed by atoms with Crippen LogP contribution in [0.5, 0.6) is 0 Å². The second-order valence-electron chi connectivity index (χ2n) is 5.10. The highest BCUT2D eigenvalue weighted by Gasteiger charge is 2.20. The van der Waals surface area contributed by atoms with Crippen molar-refractivity contribution in [3.63, 3.8) is 0 Å². The standard InChI is InChI=1S/C13H20FN/c1-13(2,3)12(15)9-8-10-6-4-5-7-11(10)14/h4-7,12H,8-9,15H2,1-3H3. The van der Waals surface area contributed by atoms with E-state index in [1.54, 1.807) is 6.07 Å². The zero-order chi connectivity index (χ0) is 11.5. The molecule has 0 aliphatic heterocycles. The summed E-state index contributed by atoms with van der Waals surface area (Å²) in [4.78, 5) is 0. The molecule has 0 saturated heterocycles. The van der Waals surface area contributed by atoms with Crippen molar-refractivity contribution in [1.29, 1.82) is 0 Å². The van der Waals surface area contributed by atoms with Gasteiger partial charge in [-0.3, -0.25) is 0 Å². The maximum Gasteiger partial charge on any atom is 0.126 e. The highest BCUT2D eigenvalue weighted by atomic mass is 19.1. The van der Waals surface area contributed by atoms with Crippen LogP contribution >= 0.6 is 0 Å². The van der Waals surface area contributed by atoms with Crippen molar-refractivity contribution >= 4 is 0 Å². The van der Waals surface area contributed by atoms with Crippen molar-refractivity contribution in [3.05, 3.63) is 35.6 Å². The topological polar surface area (TPSA) is 26.0 Å². The molecule has 15 heavy (non-hydrogen) atoms. The van der Waals surface area contributed by atoms with E-state index < -0.39 is 0 Å². The number of rotatable bonds is 3. The summed E-state index contributed by atoms with van der Waals surface area (Å²) in [5.41, 5.74) is 6.88. The first-order chi connectivity index (χ1) is 6.91. The molecule has 0 aliphatic carbocycles. The molecule has 0 spiro atoms. The van der Waals surface area contributed by atoms with Gasteiger partial charge in [-0.25, -0.2) is 4.39 Å². The third-order valence-corrected chi connectivity index (χ3v) is 2.79. The summed E-state index contributed by atoms with van der Waals surface area (Å²) >= 11 is 0. The molecule has 2 heteroatoms. The molecule has 2 N–H and O–H groups in total. The highest BCUT2D eigenvalue weighted by molar-refractivity contribution is 5.17. The molecule has 1 aromatic rings. The third kappa shape index (κ3) is 3.63. The van der Waals surface area contributed by atoms with E-state index in [2.05, 4.69) is 20.8 Å². The fraction of sp³-hybridized carbons (Fsp3) is 0.538. The molecule has 1 atom stereocenters. The van der Waals surface area contributed by atoms with Gasteiger partial charge in [0, 0.05) is 6.04 Å². The molecule has 0 aliphatic rings. The lowest BCUT2D eigenvalue weighted by Crippen LogP contribution is -2.35. The van der Waals surface area contributed by atoms with Gasteiger partial charge >= 0.3 is 0 Å².